The fourth-order valence-electron chi connectivity index (χ4n) is 4.29. The minimum atomic E-state index is -4.80. The zero-order valence-electron chi connectivity index (χ0n) is 32.0. The van der Waals surface area contributed by atoms with Gasteiger partial charge in [0.05, 0.1) is 12.7 Å². The van der Waals surface area contributed by atoms with Crippen LogP contribution in [0.25, 0.3) is 0 Å². The quantitative estimate of drug-likeness (QED) is 0.0201. The highest BCUT2D eigenvalue weighted by atomic mass is 31.2. The van der Waals surface area contributed by atoms with E-state index in [0.29, 0.717) is 32.1 Å². The number of phosphoric ester groups is 1. The van der Waals surface area contributed by atoms with Crippen molar-refractivity contribution in [2.45, 2.75) is 122 Å². The van der Waals surface area contributed by atoms with Crippen molar-refractivity contribution in [3.05, 3.63) is 122 Å². The second kappa shape index (κ2) is 36.8. The Morgan fingerprint density at radius 2 is 1.04 bits per heavy atom. The summed E-state index contributed by atoms with van der Waals surface area (Å²) in [6, 6.07) is 0. The van der Waals surface area contributed by atoms with E-state index in [0.717, 1.165) is 51.4 Å². The molecule has 0 bridgehead atoms. The van der Waals surface area contributed by atoms with E-state index in [1.54, 1.807) is 6.08 Å². The highest BCUT2D eigenvalue weighted by molar-refractivity contribution is 7.46. The molecule has 0 aliphatic heterocycles. The molecule has 0 fully saturated rings. The molecule has 0 aliphatic rings. The first-order chi connectivity index (χ1) is 25.7. The van der Waals surface area contributed by atoms with Crippen molar-refractivity contribution in [2.24, 2.45) is 0 Å². The van der Waals surface area contributed by atoms with E-state index in [4.69, 9.17) is 19.3 Å². The van der Waals surface area contributed by atoms with Gasteiger partial charge < -0.3 is 24.4 Å². The number of rotatable bonds is 32. The van der Waals surface area contributed by atoms with Gasteiger partial charge in [-0.05, 0) is 83.5 Å². The first-order valence-corrected chi connectivity index (χ1v) is 20.5. The number of allylic oxidation sites excluding steroid dienone is 18. The average Bonchev–Trinajstić information content (AvgIpc) is 3.12. The third-order valence-corrected chi connectivity index (χ3v) is 7.54. The summed E-state index contributed by atoms with van der Waals surface area (Å²) in [4.78, 5) is 42.7. The Kier molecular flexibility index (Phi) is 34.3. The van der Waals surface area contributed by atoms with Gasteiger partial charge in [0.15, 0.2) is 6.10 Å². The Morgan fingerprint density at radius 1 is 0.585 bits per heavy atom. The molecule has 0 amide bonds. The monoisotopic (exact) mass is 756 g/mol. The van der Waals surface area contributed by atoms with Crippen LogP contribution in [-0.4, -0.2) is 52.3 Å². The fourth-order valence-corrected chi connectivity index (χ4v) is 4.65. The predicted octanol–water partition coefficient (Wildman–Crippen LogP) is 10.4. The predicted molar refractivity (Wildman–Crippen MR) is 217 cm³/mol. The number of carbonyl (C=O) groups excluding carboxylic acids is 2. The highest BCUT2D eigenvalue weighted by Gasteiger charge is 2.22. The van der Waals surface area contributed by atoms with Crippen LogP contribution in [-0.2, 0) is 28.2 Å². The third kappa shape index (κ3) is 39.5. The molecule has 3 N–H and O–H groups in total. The van der Waals surface area contributed by atoms with Crippen LogP contribution in [0.2, 0.25) is 0 Å². The van der Waals surface area contributed by atoms with E-state index < -0.39 is 38.6 Å². The summed E-state index contributed by atoms with van der Waals surface area (Å²) in [7, 11) is -4.80. The van der Waals surface area contributed by atoms with E-state index in [-0.39, 0.29) is 19.4 Å². The third-order valence-electron chi connectivity index (χ3n) is 7.05. The number of hydrogen-bond acceptors (Lipinski definition) is 7. The SMILES string of the molecule is CC/C=C\C/C=C\C/C=C\C/C=C\C/C=C\CCCC(=O)OC[C@H](COP(=O)(O)O)OC(=O)CCC/C=C\C/C=C\C/C=C\C=C\CC(O)/C=C\CC. The molecule has 0 spiro atoms. The summed E-state index contributed by atoms with van der Waals surface area (Å²) in [6.07, 6.45) is 49.9. The Balaban J connectivity index is 4.24. The van der Waals surface area contributed by atoms with Gasteiger partial charge in [-0.1, -0.05) is 135 Å². The van der Waals surface area contributed by atoms with Crippen LogP contribution in [0.15, 0.2) is 122 Å². The molecule has 0 aromatic rings. The minimum absolute atomic E-state index is 0.0953. The van der Waals surface area contributed by atoms with E-state index in [1.165, 1.54) is 0 Å². The van der Waals surface area contributed by atoms with Crippen molar-refractivity contribution in [3.8, 4) is 0 Å². The topological polar surface area (TPSA) is 140 Å². The number of aliphatic hydroxyl groups excluding tert-OH is 1. The van der Waals surface area contributed by atoms with Gasteiger partial charge in [-0.3, -0.25) is 14.1 Å². The van der Waals surface area contributed by atoms with Crippen molar-refractivity contribution in [2.75, 3.05) is 13.2 Å². The van der Waals surface area contributed by atoms with Gasteiger partial charge in [0.1, 0.15) is 6.61 Å². The highest BCUT2D eigenvalue weighted by Crippen LogP contribution is 2.35. The van der Waals surface area contributed by atoms with Crippen molar-refractivity contribution in [3.63, 3.8) is 0 Å². The zero-order valence-corrected chi connectivity index (χ0v) is 32.9. The zero-order chi connectivity index (χ0) is 39.1. The van der Waals surface area contributed by atoms with Crippen molar-refractivity contribution >= 4 is 19.8 Å². The Labute approximate surface area is 319 Å². The van der Waals surface area contributed by atoms with Gasteiger partial charge in [-0.2, -0.15) is 0 Å². The number of carbonyl (C=O) groups is 2. The van der Waals surface area contributed by atoms with Crippen LogP contribution >= 0.6 is 7.82 Å². The molecule has 0 aromatic carbocycles. The molecule has 0 saturated heterocycles. The molecular weight excluding hydrogens is 691 g/mol. The van der Waals surface area contributed by atoms with Crippen LogP contribution in [0.3, 0.4) is 0 Å². The number of esters is 2. The van der Waals surface area contributed by atoms with Crippen molar-refractivity contribution < 1.29 is 43.0 Å². The van der Waals surface area contributed by atoms with E-state index in [2.05, 4.69) is 72.2 Å². The number of hydrogen-bond donors (Lipinski definition) is 3. The largest absolute Gasteiger partial charge is 0.469 e. The van der Waals surface area contributed by atoms with Crippen LogP contribution in [0.1, 0.15) is 110 Å². The van der Waals surface area contributed by atoms with Gasteiger partial charge in [-0.25, -0.2) is 4.57 Å². The molecule has 0 radical (unpaired) electrons. The molecule has 1 unspecified atom stereocenters. The summed E-state index contributed by atoms with van der Waals surface area (Å²) >= 11 is 0. The van der Waals surface area contributed by atoms with Crippen molar-refractivity contribution in [1.82, 2.24) is 0 Å². The van der Waals surface area contributed by atoms with Gasteiger partial charge in [0.25, 0.3) is 0 Å². The molecule has 0 saturated carbocycles. The van der Waals surface area contributed by atoms with Crippen LogP contribution in [0.4, 0.5) is 0 Å². The maximum atomic E-state index is 12.4. The van der Waals surface area contributed by atoms with Crippen LogP contribution in [0.5, 0.6) is 0 Å². The minimum Gasteiger partial charge on any atom is -0.462 e. The first-order valence-electron chi connectivity index (χ1n) is 18.9. The lowest BCUT2D eigenvalue weighted by Crippen LogP contribution is -2.29. The summed E-state index contributed by atoms with van der Waals surface area (Å²) in [5.41, 5.74) is 0. The molecule has 9 nitrogen and oxygen atoms in total. The van der Waals surface area contributed by atoms with Gasteiger partial charge >= 0.3 is 19.8 Å². The maximum absolute atomic E-state index is 12.4. The molecule has 10 heteroatoms. The summed E-state index contributed by atoms with van der Waals surface area (Å²) in [6.45, 7) is 3.20. The number of aliphatic hydroxyl groups is 1. The van der Waals surface area contributed by atoms with Crippen molar-refractivity contribution in [1.29, 1.82) is 0 Å². The van der Waals surface area contributed by atoms with Gasteiger partial charge in [0, 0.05) is 12.8 Å². The van der Waals surface area contributed by atoms with Gasteiger partial charge in [-0.15, -0.1) is 0 Å². The normalized spacial score (nSPS) is 14.4. The second-order valence-electron chi connectivity index (χ2n) is 12.0. The molecule has 0 rings (SSSR count). The average molecular weight is 757 g/mol. The maximum Gasteiger partial charge on any atom is 0.469 e. The Morgan fingerprint density at radius 3 is 1.55 bits per heavy atom. The molecule has 0 aromatic heterocycles. The lowest BCUT2D eigenvalue weighted by Gasteiger charge is -2.18. The lowest BCUT2D eigenvalue weighted by atomic mass is 10.2. The second-order valence-corrected chi connectivity index (χ2v) is 13.2. The number of unbranched alkanes of at least 4 members (excludes halogenated alkanes) is 2. The molecule has 2 atom stereocenters. The lowest BCUT2D eigenvalue weighted by molar-refractivity contribution is -0.161. The summed E-state index contributed by atoms with van der Waals surface area (Å²) < 4.78 is 26.2. The van der Waals surface area contributed by atoms with E-state index in [9.17, 15) is 19.3 Å². The van der Waals surface area contributed by atoms with Crippen LogP contribution < -0.4 is 0 Å². The first kappa shape index (κ1) is 49.4. The molecule has 0 aliphatic carbocycles. The van der Waals surface area contributed by atoms with Crippen LogP contribution in [0, 0.1) is 0 Å². The number of phosphoric acid groups is 1. The smallest absolute Gasteiger partial charge is 0.462 e. The molecular formula is C43H65O9P. The summed E-state index contributed by atoms with van der Waals surface area (Å²) in [5.74, 6) is -1.06. The summed E-state index contributed by atoms with van der Waals surface area (Å²) in [5, 5.41) is 9.73. The fraction of sp³-hybridized carbons (Fsp3) is 0.488. The Hall–Kier alpha value is -3.59. The molecule has 0 heterocycles. The number of ether oxygens (including phenoxy) is 2. The van der Waals surface area contributed by atoms with E-state index in [1.807, 2.05) is 61.6 Å². The molecule has 296 valence electrons. The van der Waals surface area contributed by atoms with E-state index >= 15 is 0 Å². The Bertz CT molecular complexity index is 1280. The van der Waals surface area contributed by atoms with Gasteiger partial charge in [0.2, 0.25) is 0 Å². The molecule has 53 heavy (non-hydrogen) atoms. The standard InChI is InChI=1S/C43H65O9P/c1-3-5-7-8-9-10-11-12-13-14-15-16-20-23-26-29-32-36-42(45)50-38-41(39-51-53(47,48)49)52-43(46)37-33-30-27-24-21-18-17-19-22-25-28-31-35-40(44)34-6-4-2/h5-7,9-10,12-13,15-18,22-28,31,34,40-41,44H,3-4,8,11,14,19-21,29-30,32-33,35-39H2,1-2H3,(H2,47,48,49)/b7-5-,10-9-,13-12-,16-15-,18-17-,25-22-,26-23-,27-24-,31-28+,34-6-/t40?,41-/m1/s1.